The van der Waals surface area contributed by atoms with E-state index >= 15 is 0 Å². The molecule has 3 heterocycles. The van der Waals surface area contributed by atoms with Crippen molar-refractivity contribution < 1.29 is 4.79 Å². The highest BCUT2D eigenvalue weighted by molar-refractivity contribution is 5.74. The van der Waals surface area contributed by atoms with Gasteiger partial charge in [0.15, 0.2) is 0 Å². The molecule has 2 amide bonds. The smallest absolute Gasteiger partial charge is 0.317 e. The number of benzene rings is 1. The van der Waals surface area contributed by atoms with Crippen molar-refractivity contribution in [1.29, 1.82) is 0 Å². The van der Waals surface area contributed by atoms with E-state index in [0.29, 0.717) is 12.6 Å². The Morgan fingerprint density at radius 1 is 1.07 bits per heavy atom. The third kappa shape index (κ3) is 4.49. The van der Waals surface area contributed by atoms with Gasteiger partial charge in [-0.3, -0.25) is 9.88 Å². The molecule has 7 heteroatoms. The topological polar surface area (TPSA) is 72.5 Å². The summed E-state index contributed by atoms with van der Waals surface area (Å²) in [6.07, 6.45) is 4.95. The lowest BCUT2D eigenvalue weighted by Crippen LogP contribution is -2.56. The Hall–Kier alpha value is -2.48. The quantitative estimate of drug-likeness (QED) is 0.754. The van der Waals surface area contributed by atoms with Crippen molar-refractivity contribution in [2.45, 2.75) is 32.1 Å². The standard InChI is InChI=1S/C21H28N6O/c1-16-2-4-17(5-3-16)15-23-21(28)27-12-10-26(11-13-27)20-14-19(24-25-20)18-6-8-22-9-7-18/h2-9,19-20,24-25H,10-15H2,1H3,(H,23,28). The fourth-order valence-electron chi connectivity index (χ4n) is 3.83. The molecule has 2 saturated heterocycles. The van der Waals surface area contributed by atoms with E-state index in [2.05, 4.69) is 69.4 Å². The van der Waals surface area contributed by atoms with Crippen molar-refractivity contribution in [2.75, 3.05) is 26.2 Å². The summed E-state index contributed by atoms with van der Waals surface area (Å²) in [5.74, 6) is 0. The van der Waals surface area contributed by atoms with Crippen LogP contribution in [0.5, 0.6) is 0 Å². The van der Waals surface area contributed by atoms with Crippen molar-refractivity contribution in [2.24, 2.45) is 0 Å². The molecule has 2 unspecified atom stereocenters. The fourth-order valence-corrected chi connectivity index (χ4v) is 3.83. The molecule has 0 radical (unpaired) electrons. The van der Waals surface area contributed by atoms with Gasteiger partial charge in [0.1, 0.15) is 0 Å². The summed E-state index contributed by atoms with van der Waals surface area (Å²) >= 11 is 0. The van der Waals surface area contributed by atoms with Crippen LogP contribution in [-0.4, -0.2) is 53.2 Å². The van der Waals surface area contributed by atoms with Gasteiger partial charge in [-0.1, -0.05) is 29.8 Å². The molecule has 1 aromatic carbocycles. The van der Waals surface area contributed by atoms with Gasteiger partial charge >= 0.3 is 6.03 Å². The number of carbonyl (C=O) groups is 1. The fraction of sp³-hybridized carbons (Fsp3) is 0.429. The monoisotopic (exact) mass is 380 g/mol. The van der Waals surface area contributed by atoms with Crippen LogP contribution < -0.4 is 16.2 Å². The molecule has 0 spiro atoms. The van der Waals surface area contributed by atoms with Gasteiger partial charge in [0, 0.05) is 51.2 Å². The van der Waals surface area contributed by atoms with Gasteiger partial charge < -0.3 is 10.2 Å². The number of nitrogens with one attached hydrogen (secondary N) is 3. The van der Waals surface area contributed by atoms with Crippen LogP contribution >= 0.6 is 0 Å². The molecule has 28 heavy (non-hydrogen) atoms. The van der Waals surface area contributed by atoms with Crippen LogP contribution in [0.1, 0.15) is 29.2 Å². The van der Waals surface area contributed by atoms with Gasteiger partial charge in [-0.05, 0) is 36.6 Å². The Morgan fingerprint density at radius 2 is 1.79 bits per heavy atom. The Kier molecular flexibility index (Phi) is 5.85. The van der Waals surface area contributed by atoms with Crippen LogP contribution in [-0.2, 0) is 6.54 Å². The lowest BCUT2D eigenvalue weighted by Gasteiger charge is -2.37. The molecule has 2 aromatic rings. The maximum atomic E-state index is 12.5. The normalized spacial score (nSPS) is 23.0. The second-order valence-electron chi connectivity index (χ2n) is 7.54. The average molecular weight is 380 g/mol. The largest absolute Gasteiger partial charge is 0.334 e. The number of hydrazine groups is 1. The zero-order valence-electron chi connectivity index (χ0n) is 16.3. The van der Waals surface area contributed by atoms with E-state index in [1.54, 1.807) is 0 Å². The molecule has 3 N–H and O–H groups in total. The third-order valence-electron chi connectivity index (χ3n) is 5.60. The predicted molar refractivity (Wildman–Crippen MR) is 108 cm³/mol. The minimum Gasteiger partial charge on any atom is -0.334 e. The molecule has 148 valence electrons. The summed E-state index contributed by atoms with van der Waals surface area (Å²) < 4.78 is 0. The van der Waals surface area contributed by atoms with Gasteiger partial charge in [0.2, 0.25) is 0 Å². The molecule has 2 aliphatic heterocycles. The van der Waals surface area contributed by atoms with Crippen LogP contribution in [0.2, 0.25) is 0 Å². The SMILES string of the molecule is Cc1ccc(CNC(=O)N2CCN(C3CC(c4ccncc4)NN3)CC2)cc1. The van der Waals surface area contributed by atoms with Gasteiger partial charge in [-0.2, -0.15) is 0 Å². The Balaban J connectivity index is 1.22. The lowest BCUT2D eigenvalue weighted by molar-refractivity contribution is 0.0986. The van der Waals surface area contributed by atoms with E-state index in [0.717, 1.165) is 38.2 Å². The molecule has 0 saturated carbocycles. The number of hydrogen-bond donors (Lipinski definition) is 3. The highest BCUT2D eigenvalue weighted by Gasteiger charge is 2.32. The van der Waals surface area contributed by atoms with Crippen molar-refractivity contribution in [3.8, 4) is 0 Å². The molecular weight excluding hydrogens is 352 g/mol. The van der Waals surface area contributed by atoms with Gasteiger partial charge in [-0.15, -0.1) is 0 Å². The minimum atomic E-state index is 0.0207. The van der Waals surface area contributed by atoms with E-state index in [-0.39, 0.29) is 12.2 Å². The lowest BCUT2D eigenvalue weighted by atomic mass is 10.1. The number of pyridine rings is 1. The van der Waals surface area contributed by atoms with E-state index in [1.807, 2.05) is 17.3 Å². The average Bonchev–Trinajstić information content (AvgIpc) is 3.24. The Bertz CT molecular complexity index is 773. The number of nitrogens with zero attached hydrogens (tertiary/aromatic N) is 3. The number of aromatic nitrogens is 1. The van der Waals surface area contributed by atoms with Gasteiger partial charge in [-0.25, -0.2) is 15.6 Å². The van der Waals surface area contributed by atoms with E-state index in [9.17, 15) is 4.79 Å². The van der Waals surface area contributed by atoms with E-state index in [4.69, 9.17) is 0 Å². The van der Waals surface area contributed by atoms with Crippen LogP contribution in [0, 0.1) is 6.92 Å². The molecule has 7 nitrogen and oxygen atoms in total. The first kappa shape index (κ1) is 18.9. The summed E-state index contributed by atoms with van der Waals surface area (Å²) in [5, 5.41) is 3.04. The zero-order chi connectivity index (χ0) is 19.3. The first-order chi connectivity index (χ1) is 13.7. The Labute approximate surface area is 166 Å². The van der Waals surface area contributed by atoms with Crippen LogP contribution in [0.4, 0.5) is 4.79 Å². The molecule has 4 rings (SSSR count). The molecular formula is C21H28N6O. The summed E-state index contributed by atoms with van der Waals surface area (Å²) in [4.78, 5) is 20.9. The highest BCUT2D eigenvalue weighted by Crippen LogP contribution is 2.23. The molecule has 2 atom stereocenters. The summed E-state index contributed by atoms with van der Waals surface area (Å²) in [5.41, 5.74) is 10.4. The first-order valence-electron chi connectivity index (χ1n) is 9.92. The van der Waals surface area contributed by atoms with Crippen LogP contribution in [0.25, 0.3) is 0 Å². The summed E-state index contributed by atoms with van der Waals surface area (Å²) in [6, 6.07) is 12.7. The molecule has 0 bridgehead atoms. The van der Waals surface area contributed by atoms with E-state index in [1.165, 1.54) is 11.1 Å². The minimum absolute atomic E-state index is 0.0207. The first-order valence-corrected chi connectivity index (χ1v) is 9.92. The summed E-state index contributed by atoms with van der Waals surface area (Å²) in [7, 11) is 0. The Morgan fingerprint density at radius 3 is 2.50 bits per heavy atom. The molecule has 1 aromatic heterocycles. The van der Waals surface area contributed by atoms with Crippen LogP contribution in [0.3, 0.4) is 0 Å². The molecule has 0 aliphatic carbocycles. The highest BCUT2D eigenvalue weighted by atomic mass is 16.2. The number of rotatable bonds is 4. The second-order valence-corrected chi connectivity index (χ2v) is 7.54. The van der Waals surface area contributed by atoms with Gasteiger partial charge in [0.05, 0.1) is 6.17 Å². The number of piperazine rings is 1. The third-order valence-corrected chi connectivity index (χ3v) is 5.60. The van der Waals surface area contributed by atoms with Gasteiger partial charge in [0.25, 0.3) is 0 Å². The predicted octanol–water partition coefficient (Wildman–Crippen LogP) is 1.78. The number of carbonyl (C=O) groups excluding carboxylic acids is 1. The molecule has 2 aliphatic rings. The zero-order valence-corrected chi connectivity index (χ0v) is 16.3. The van der Waals surface area contributed by atoms with Crippen molar-refractivity contribution in [3.63, 3.8) is 0 Å². The van der Waals surface area contributed by atoms with Crippen molar-refractivity contribution >= 4 is 6.03 Å². The van der Waals surface area contributed by atoms with Crippen molar-refractivity contribution in [1.82, 2.24) is 31.0 Å². The number of urea groups is 1. The number of aryl methyl sites for hydroxylation is 1. The second kappa shape index (κ2) is 8.68. The van der Waals surface area contributed by atoms with Crippen molar-refractivity contribution in [3.05, 3.63) is 65.5 Å². The number of amides is 2. The van der Waals surface area contributed by atoms with Crippen LogP contribution in [0.15, 0.2) is 48.8 Å². The summed E-state index contributed by atoms with van der Waals surface area (Å²) in [6.45, 7) is 5.88. The maximum Gasteiger partial charge on any atom is 0.317 e. The molecule has 2 fully saturated rings. The maximum absolute atomic E-state index is 12.5. The number of hydrogen-bond acceptors (Lipinski definition) is 5. The van der Waals surface area contributed by atoms with E-state index < -0.39 is 0 Å².